The van der Waals surface area contributed by atoms with Crippen molar-refractivity contribution >= 4 is 39.1 Å². The number of thiophene rings is 1. The summed E-state index contributed by atoms with van der Waals surface area (Å²) >= 11 is 3.16. The third-order valence-corrected chi connectivity index (χ3v) is 8.19. The van der Waals surface area contributed by atoms with Gasteiger partial charge in [0.2, 0.25) is 0 Å². The Kier molecular flexibility index (Phi) is 4.41. The van der Waals surface area contributed by atoms with Crippen LogP contribution >= 0.6 is 23.1 Å². The van der Waals surface area contributed by atoms with Crippen molar-refractivity contribution in [1.82, 2.24) is 9.55 Å². The minimum absolute atomic E-state index is 0.0538. The molecule has 1 saturated carbocycles. The van der Waals surface area contributed by atoms with Crippen LogP contribution in [0.4, 0.5) is 0 Å². The molecule has 2 aromatic heterocycles. The van der Waals surface area contributed by atoms with Crippen LogP contribution in [0.1, 0.15) is 49.0 Å². The lowest BCUT2D eigenvalue weighted by Crippen LogP contribution is -2.29. The molecule has 0 amide bonds. The zero-order valence-electron chi connectivity index (χ0n) is 14.7. The van der Waals surface area contributed by atoms with Crippen LogP contribution in [0.2, 0.25) is 0 Å². The number of ether oxygens (including phenoxy) is 1. The predicted octanol–water partition coefficient (Wildman–Crippen LogP) is 3.34. The fourth-order valence-electron chi connectivity index (χ4n) is 4.34. The van der Waals surface area contributed by atoms with Crippen molar-refractivity contribution in [1.29, 1.82) is 0 Å². The maximum absolute atomic E-state index is 13.4. The van der Waals surface area contributed by atoms with Gasteiger partial charge in [-0.1, -0.05) is 11.8 Å². The van der Waals surface area contributed by atoms with Crippen LogP contribution in [-0.4, -0.2) is 33.3 Å². The van der Waals surface area contributed by atoms with Crippen LogP contribution in [0.25, 0.3) is 10.2 Å². The number of thioether (sulfide) groups is 1. The molecule has 138 valence electrons. The monoisotopic (exact) mass is 390 g/mol. The number of rotatable bonds is 4. The summed E-state index contributed by atoms with van der Waals surface area (Å²) in [4.78, 5) is 32.6. The number of hydrogen-bond donors (Lipinski definition) is 0. The molecule has 0 bridgehead atoms. The predicted molar refractivity (Wildman–Crippen MR) is 103 cm³/mol. The van der Waals surface area contributed by atoms with Gasteiger partial charge in [-0.15, -0.1) is 11.3 Å². The molecule has 1 aliphatic heterocycles. The van der Waals surface area contributed by atoms with E-state index in [1.165, 1.54) is 22.2 Å². The normalized spacial score (nSPS) is 25.5. The number of carbonyl (C=O) groups excluding carboxylic acids is 1. The first-order valence-electron chi connectivity index (χ1n) is 9.57. The van der Waals surface area contributed by atoms with Gasteiger partial charge in [-0.3, -0.25) is 14.2 Å². The largest absolute Gasteiger partial charge is 0.376 e. The van der Waals surface area contributed by atoms with Crippen LogP contribution in [0, 0.1) is 0 Å². The first-order valence-corrected chi connectivity index (χ1v) is 11.3. The molecule has 2 atom stereocenters. The number of Topliss-reactive ketones (excluding diaryl/α,β-unsaturated/α-hetero) is 1. The van der Waals surface area contributed by atoms with Crippen LogP contribution in [-0.2, 0) is 28.9 Å². The average Bonchev–Trinajstić information content (AvgIpc) is 3.37. The molecule has 5 nitrogen and oxygen atoms in total. The minimum atomic E-state index is -0.0538. The lowest BCUT2D eigenvalue weighted by molar-refractivity contribution is -0.116. The second-order valence-electron chi connectivity index (χ2n) is 7.45. The Bertz CT molecular complexity index is 927. The van der Waals surface area contributed by atoms with Crippen LogP contribution in [0.3, 0.4) is 0 Å². The van der Waals surface area contributed by atoms with Gasteiger partial charge in [0.05, 0.1) is 23.3 Å². The van der Waals surface area contributed by atoms with E-state index in [1.54, 1.807) is 15.9 Å². The van der Waals surface area contributed by atoms with Crippen LogP contribution in [0.5, 0.6) is 0 Å². The van der Waals surface area contributed by atoms with Gasteiger partial charge in [0.15, 0.2) is 5.16 Å². The molecule has 0 spiro atoms. The van der Waals surface area contributed by atoms with Gasteiger partial charge >= 0.3 is 0 Å². The third-order valence-electron chi connectivity index (χ3n) is 5.70. The Hall–Kier alpha value is -1.18. The lowest BCUT2D eigenvalue weighted by Gasteiger charge is -2.17. The first kappa shape index (κ1) is 17.0. The summed E-state index contributed by atoms with van der Waals surface area (Å²) in [5.41, 5.74) is 1.29. The van der Waals surface area contributed by atoms with E-state index in [4.69, 9.17) is 9.72 Å². The van der Waals surface area contributed by atoms with E-state index >= 15 is 0 Å². The third kappa shape index (κ3) is 2.84. The highest BCUT2D eigenvalue weighted by Crippen LogP contribution is 2.37. The van der Waals surface area contributed by atoms with Gasteiger partial charge in [-0.2, -0.15) is 0 Å². The molecular formula is C19H22N2O3S2. The van der Waals surface area contributed by atoms with E-state index in [2.05, 4.69) is 0 Å². The molecule has 0 unspecified atom stereocenters. The smallest absolute Gasteiger partial charge is 0.263 e. The van der Waals surface area contributed by atoms with Crippen molar-refractivity contribution in [2.45, 2.75) is 74.4 Å². The quantitative estimate of drug-likeness (QED) is 0.750. The summed E-state index contributed by atoms with van der Waals surface area (Å²) in [6, 6.07) is 0. The maximum atomic E-state index is 13.4. The Morgan fingerprint density at radius 1 is 1.15 bits per heavy atom. The van der Waals surface area contributed by atoms with Gasteiger partial charge in [0, 0.05) is 17.9 Å². The van der Waals surface area contributed by atoms with E-state index < -0.39 is 0 Å². The van der Waals surface area contributed by atoms with Crippen LogP contribution in [0.15, 0.2) is 9.95 Å². The first-order chi connectivity index (χ1) is 12.7. The Morgan fingerprint density at radius 2 is 2.08 bits per heavy atom. The molecule has 0 aromatic carbocycles. The zero-order valence-corrected chi connectivity index (χ0v) is 16.3. The lowest BCUT2D eigenvalue weighted by atomic mass is 10.2. The molecule has 3 aliphatic rings. The van der Waals surface area contributed by atoms with E-state index in [0.717, 1.165) is 61.8 Å². The molecule has 0 N–H and O–H groups in total. The van der Waals surface area contributed by atoms with Gasteiger partial charge in [0.25, 0.3) is 5.56 Å². The number of fused-ring (bicyclic) bond motifs is 3. The number of aromatic nitrogens is 2. The highest BCUT2D eigenvalue weighted by atomic mass is 32.2. The molecule has 2 aliphatic carbocycles. The van der Waals surface area contributed by atoms with Gasteiger partial charge in [-0.25, -0.2) is 4.98 Å². The fraction of sp³-hybridized carbons (Fsp3) is 0.632. The molecule has 3 heterocycles. The Balaban J connectivity index is 1.61. The molecule has 5 rings (SSSR count). The summed E-state index contributed by atoms with van der Waals surface area (Å²) < 4.78 is 7.59. The second-order valence-corrected chi connectivity index (χ2v) is 9.70. The van der Waals surface area contributed by atoms with Crippen molar-refractivity contribution in [2.24, 2.45) is 0 Å². The minimum Gasteiger partial charge on any atom is -0.376 e. The summed E-state index contributed by atoms with van der Waals surface area (Å²) in [6.45, 7) is 1.32. The molecule has 7 heteroatoms. The van der Waals surface area contributed by atoms with Gasteiger partial charge in [0.1, 0.15) is 10.6 Å². The van der Waals surface area contributed by atoms with Crippen LogP contribution < -0.4 is 5.56 Å². The molecule has 2 fully saturated rings. The molecule has 2 aromatic rings. The van der Waals surface area contributed by atoms with Crippen molar-refractivity contribution in [2.75, 3.05) is 6.61 Å². The summed E-state index contributed by atoms with van der Waals surface area (Å²) in [7, 11) is 0. The van der Waals surface area contributed by atoms with Crippen molar-refractivity contribution in [3.8, 4) is 0 Å². The number of aryl methyl sites for hydroxylation is 2. The zero-order chi connectivity index (χ0) is 17.7. The SMILES string of the molecule is O=C1CCC[C@@H]1Sc1nc2sc3c(c2c(=O)n1C[C@@H]1CCCO1)CCC3. The number of ketones is 1. The van der Waals surface area contributed by atoms with Crippen molar-refractivity contribution < 1.29 is 9.53 Å². The molecule has 26 heavy (non-hydrogen) atoms. The topological polar surface area (TPSA) is 61.2 Å². The Morgan fingerprint density at radius 3 is 2.85 bits per heavy atom. The number of nitrogens with zero attached hydrogens (tertiary/aromatic N) is 2. The molecule has 1 saturated heterocycles. The summed E-state index contributed by atoms with van der Waals surface area (Å²) in [6.07, 6.45) is 7.78. The fourth-order valence-corrected chi connectivity index (χ4v) is 6.86. The Labute approximate surface area is 160 Å². The van der Waals surface area contributed by atoms with E-state index in [0.29, 0.717) is 23.9 Å². The maximum Gasteiger partial charge on any atom is 0.263 e. The summed E-state index contributed by atoms with van der Waals surface area (Å²) in [5.74, 6) is 0.293. The second kappa shape index (κ2) is 6.77. The number of carbonyl (C=O) groups is 1. The highest BCUT2D eigenvalue weighted by Gasteiger charge is 2.30. The van der Waals surface area contributed by atoms with E-state index in [1.807, 2.05) is 0 Å². The average molecular weight is 391 g/mol. The van der Waals surface area contributed by atoms with Crippen molar-refractivity contribution in [3.63, 3.8) is 0 Å². The molecule has 0 radical (unpaired) electrons. The van der Waals surface area contributed by atoms with E-state index in [-0.39, 0.29) is 16.9 Å². The molecular weight excluding hydrogens is 368 g/mol. The van der Waals surface area contributed by atoms with Crippen molar-refractivity contribution in [3.05, 3.63) is 20.8 Å². The van der Waals surface area contributed by atoms with Gasteiger partial charge in [-0.05, 0) is 50.5 Å². The van der Waals surface area contributed by atoms with E-state index in [9.17, 15) is 9.59 Å². The standard InChI is InChI=1S/C19H22N2O3S2/c22-13-6-2-8-15(13)26-19-20-17-16(12-5-1-7-14(12)25-17)18(23)21(19)10-11-4-3-9-24-11/h11,15H,1-10H2/t11-,15-/m0/s1. The summed E-state index contributed by atoms with van der Waals surface area (Å²) in [5, 5.41) is 1.47. The number of hydrogen-bond acceptors (Lipinski definition) is 6. The highest BCUT2D eigenvalue weighted by molar-refractivity contribution is 8.00. The van der Waals surface area contributed by atoms with Gasteiger partial charge < -0.3 is 4.74 Å².